The fraction of sp³-hybridized carbons (Fsp3) is 0.391. The molecule has 0 bridgehead atoms. The second-order valence-corrected chi connectivity index (χ2v) is 10.6. The van der Waals surface area contributed by atoms with Crippen LogP contribution in [0.15, 0.2) is 53.4 Å². The monoisotopic (exact) mass is 531 g/mol. The highest BCUT2D eigenvalue weighted by molar-refractivity contribution is 7.89. The molecule has 2 fully saturated rings. The van der Waals surface area contributed by atoms with Gasteiger partial charge in [0.25, 0.3) is 0 Å². The fourth-order valence-corrected chi connectivity index (χ4v) is 5.68. The zero-order valence-corrected chi connectivity index (χ0v) is 20.3. The number of sulfonamides is 1. The lowest BCUT2D eigenvalue weighted by atomic mass is 9.92. The van der Waals surface area contributed by atoms with Crippen molar-refractivity contribution < 1.29 is 40.7 Å². The van der Waals surface area contributed by atoms with Crippen LogP contribution in [0.25, 0.3) is 0 Å². The number of carbonyl (C=O) groups is 2. The Hall–Kier alpha value is -3.03. The molecule has 13 heteroatoms. The second-order valence-electron chi connectivity index (χ2n) is 8.70. The maximum atomic E-state index is 14.0. The van der Waals surface area contributed by atoms with Gasteiger partial charge < -0.3 is 10.0 Å². The zero-order chi connectivity index (χ0) is 26.9. The molecule has 8 nitrogen and oxygen atoms in total. The van der Waals surface area contributed by atoms with Gasteiger partial charge in [0.2, 0.25) is 15.9 Å². The van der Waals surface area contributed by atoms with Crippen LogP contribution < -0.4 is 4.90 Å². The van der Waals surface area contributed by atoms with Crippen molar-refractivity contribution in [2.24, 2.45) is 0 Å². The number of aliphatic carboxylic acids is 1. The van der Waals surface area contributed by atoms with Gasteiger partial charge in [-0.15, -0.1) is 0 Å². The molecule has 1 spiro atoms. The molecule has 1 N–H and O–H groups in total. The summed E-state index contributed by atoms with van der Waals surface area (Å²) in [5.74, 6) is -3.30. The van der Waals surface area contributed by atoms with Gasteiger partial charge >= 0.3 is 12.1 Å². The summed E-state index contributed by atoms with van der Waals surface area (Å²) >= 11 is 0. The number of carbonyl (C=O) groups excluding carboxylic acids is 1. The highest BCUT2D eigenvalue weighted by atomic mass is 32.2. The third-order valence-electron chi connectivity index (χ3n) is 6.32. The van der Waals surface area contributed by atoms with Crippen LogP contribution in [-0.4, -0.2) is 79.5 Å². The molecular formula is C23H25F4N3O5S. The number of carboxylic acids is 1. The van der Waals surface area contributed by atoms with Gasteiger partial charge in [-0.05, 0) is 50.2 Å². The first-order valence-electron chi connectivity index (χ1n) is 10.8. The number of para-hydroxylation sites is 1. The van der Waals surface area contributed by atoms with Crippen LogP contribution in [0, 0.1) is 12.7 Å². The van der Waals surface area contributed by atoms with Gasteiger partial charge in [0.05, 0.1) is 17.0 Å². The Bertz CT molecular complexity index is 1240. The number of hydrogen-bond donors (Lipinski definition) is 1. The maximum Gasteiger partial charge on any atom is 0.490 e. The Morgan fingerprint density at radius 3 is 2.25 bits per heavy atom. The molecule has 0 saturated carbocycles. The number of likely N-dealkylation sites (N-methyl/N-ethyl adjacent to an activating group) is 1. The van der Waals surface area contributed by atoms with Crippen LogP contribution in [0.2, 0.25) is 0 Å². The number of rotatable bonds is 3. The predicted octanol–water partition coefficient (Wildman–Crippen LogP) is 2.88. The lowest BCUT2D eigenvalue weighted by Gasteiger charge is -2.46. The molecule has 2 saturated heterocycles. The van der Waals surface area contributed by atoms with Crippen LogP contribution in [0.1, 0.15) is 12.0 Å². The van der Waals surface area contributed by atoms with Gasteiger partial charge in [0.1, 0.15) is 5.82 Å². The molecule has 1 unspecified atom stereocenters. The average molecular weight is 532 g/mol. The van der Waals surface area contributed by atoms with Crippen molar-refractivity contribution in [3.8, 4) is 0 Å². The van der Waals surface area contributed by atoms with Crippen LogP contribution in [0.4, 0.5) is 23.2 Å². The maximum absolute atomic E-state index is 14.0. The fourth-order valence-electron chi connectivity index (χ4n) is 4.15. The first-order valence-corrected chi connectivity index (χ1v) is 12.2. The van der Waals surface area contributed by atoms with Crippen LogP contribution in [-0.2, 0) is 19.6 Å². The van der Waals surface area contributed by atoms with E-state index in [0.29, 0.717) is 25.1 Å². The number of alkyl halides is 3. The number of aryl methyl sites for hydroxylation is 1. The first-order chi connectivity index (χ1) is 16.7. The molecule has 1 atom stereocenters. The van der Waals surface area contributed by atoms with Crippen molar-refractivity contribution in [2.75, 3.05) is 38.1 Å². The van der Waals surface area contributed by atoms with Crippen LogP contribution in [0.5, 0.6) is 0 Å². The Balaban J connectivity index is 0.000000454. The van der Waals surface area contributed by atoms with Crippen molar-refractivity contribution in [1.82, 2.24) is 9.21 Å². The molecule has 36 heavy (non-hydrogen) atoms. The van der Waals surface area contributed by atoms with E-state index < -0.39 is 33.5 Å². The average Bonchev–Trinajstić information content (AvgIpc) is 3.25. The summed E-state index contributed by atoms with van der Waals surface area (Å²) in [6.45, 7) is 2.84. The molecular weight excluding hydrogens is 506 g/mol. The normalized spacial score (nSPS) is 21.4. The molecule has 2 aliphatic heterocycles. The molecule has 0 aromatic heterocycles. The van der Waals surface area contributed by atoms with Gasteiger partial charge in [-0.3, -0.25) is 9.69 Å². The largest absolute Gasteiger partial charge is 0.490 e. The Kier molecular flexibility index (Phi) is 7.77. The molecule has 196 valence electrons. The van der Waals surface area contributed by atoms with E-state index in [0.717, 1.165) is 11.8 Å². The Labute approximate surface area is 205 Å². The summed E-state index contributed by atoms with van der Waals surface area (Å²) in [6, 6.07) is 13.4. The number of piperazine rings is 1. The number of nitrogens with zero attached hydrogens (tertiary/aromatic N) is 3. The summed E-state index contributed by atoms with van der Waals surface area (Å²) in [5.41, 5.74) is 0.748. The molecule has 2 heterocycles. The molecule has 2 aromatic rings. The summed E-state index contributed by atoms with van der Waals surface area (Å²) in [5, 5.41) is 7.12. The first kappa shape index (κ1) is 27.6. The van der Waals surface area contributed by atoms with Crippen LogP contribution in [0.3, 0.4) is 0 Å². The number of halogens is 4. The van der Waals surface area contributed by atoms with E-state index in [-0.39, 0.29) is 23.9 Å². The van der Waals surface area contributed by atoms with E-state index in [9.17, 15) is 30.8 Å². The van der Waals surface area contributed by atoms with Crippen molar-refractivity contribution in [3.05, 3.63) is 59.9 Å². The van der Waals surface area contributed by atoms with E-state index in [2.05, 4.69) is 0 Å². The molecule has 0 radical (unpaired) electrons. The summed E-state index contributed by atoms with van der Waals surface area (Å²) in [4.78, 5) is 25.2. The lowest BCUT2D eigenvalue weighted by Crippen LogP contribution is -2.64. The van der Waals surface area contributed by atoms with E-state index >= 15 is 0 Å². The molecule has 2 aliphatic rings. The van der Waals surface area contributed by atoms with Gasteiger partial charge in [0, 0.05) is 25.3 Å². The Morgan fingerprint density at radius 2 is 1.69 bits per heavy atom. The number of carboxylic acid groups (broad SMARTS) is 1. The smallest absolute Gasteiger partial charge is 0.475 e. The van der Waals surface area contributed by atoms with E-state index in [1.54, 1.807) is 11.8 Å². The predicted molar refractivity (Wildman–Crippen MR) is 122 cm³/mol. The number of hydrogen-bond acceptors (Lipinski definition) is 5. The van der Waals surface area contributed by atoms with Crippen molar-refractivity contribution in [2.45, 2.75) is 30.0 Å². The van der Waals surface area contributed by atoms with Gasteiger partial charge in [-0.2, -0.15) is 17.5 Å². The topological polar surface area (TPSA) is 98.2 Å². The minimum absolute atomic E-state index is 0.00811. The molecule has 0 aliphatic carbocycles. The van der Waals surface area contributed by atoms with E-state index in [1.807, 2.05) is 42.3 Å². The Morgan fingerprint density at radius 1 is 1.08 bits per heavy atom. The molecule has 4 rings (SSSR count). The van der Waals surface area contributed by atoms with Gasteiger partial charge in [0.15, 0.2) is 0 Å². The molecule has 1 amide bonds. The van der Waals surface area contributed by atoms with Crippen LogP contribution >= 0.6 is 0 Å². The summed E-state index contributed by atoms with van der Waals surface area (Å²) in [7, 11) is -1.95. The summed E-state index contributed by atoms with van der Waals surface area (Å²) in [6.07, 6.45) is -4.48. The van der Waals surface area contributed by atoms with Crippen molar-refractivity contribution in [3.63, 3.8) is 0 Å². The SMILES string of the molecule is Cc1ccc(S(=O)(=O)N2CCC3(CN(c4ccccc4)C(=O)CN3C)C2)cc1F.O=C(O)C(F)(F)F. The second kappa shape index (κ2) is 10.1. The van der Waals surface area contributed by atoms with E-state index in [1.165, 1.54) is 16.4 Å². The van der Waals surface area contributed by atoms with Crippen molar-refractivity contribution in [1.29, 1.82) is 0 Å². The van der Waals surface area contributed by atoms with Gasteiger partial charge in [-0.1, -0.05) is 24.3 Å². The van der Waals surface area contributed by atoms with E-state index in [4.69, 9.17) is 9.90 Å². The number of anilines is 1. The minimum Gasteiger partial charge on any atom is -0.475 e. The highest BCUT2D eigenvalue weighted by Gasteiger charge is 2.50. The zero-order valence-electron chi connectivity index (χ0n) is 19.5. The number of benzene rings is 2. The molecule has 2 aromatic carbocycles. The third kappa shape index (κ3) is 5.68. The third-order valence-corrected chi connectivity index (χ3v) is 8.17. The summed E-state index contributed by atoms with van der Waals surface area (Å²) < 4.78 is 73.3. The standard InChI is InChI=1S/C21H24FN3O3S.C2HF3O2/c1-16-8-9-18(12-19(16)22)29(27,28)24-11-10-21(14-24)15-25(20(26)13-23(21)2)17-6-4-3-5-7-17;3-2(4,5)1(6)7/h3-9,12H,10-11,13-15H2,1-2H3;(H,6,7). The van der Waals surface area contributed by atoms with Crippen molar-refractivity contribution >= 4 is 27.6 Å². The highest BCUT2D eigenvalue weighted by Crippen LogP contribution is 2.36. The quantitative estimate of drug-likeness (QED) is 0.612. The lowest BCUT2D eigenvalue weighted by molar-refractivity contribution is -0.192. The number of amides is 1. The minimum atomic E-state index is -5.08. The van der Waals surface area contributed by atoms with Gasteiger partial charge in [-0.25, -0.2) is 17.6 Å².